The molecule has 1 aliphatic heterocycles. The summed E-state index contributed by atoms with van der Waals surface area (Å²) in [4.78, 5) is 18.3. The molecule has 2 rings (SSSR count). The molecule has 1 heterocycles. The topological polar surface area (TPSA) is 70.7 Å². The summed E-state index contributed by atoms with van der Waals surface area (Å²) in [6, 6.07) is 8.32. The van der Waals surface area contributed by atoms with Crippen molar-refractivity contribution in [3.8, 4) is 0 Å². The Balaban J connectivity index is 2.00. The second kappa shape index (κ2) is 7.11. The molecule has 0 saturated heterocycles. The van der Waals surface area contributed by atoms with Gasteiger partial charge in [-0.05, 0) is 37.8 Å². The highest BCUT2D eigenvalue weighted by Gasteiger charge is 2.21. The number of rotatable bonds is 4. The van der Waals surface area contributed by atoms with E-state index in [1.807, 2.05) is 30.0 Å². The number of hydrogen-bond donors (Lipinski definition) is 2. The molecule has 1 amide bonds. The fourth-order valence-corrected chi connectivity index (χ4v) is 2.43. The molecule has 1 aromatic carbocycles. The Bertz CT molecular complexity index is 527. The van der Waals surface area contributed by atoms with E-state index in [0.717, 1.165) is 31.5 Å². The predicted octanol–water partition coefficient (Wildman–Crippen LogP) is 1.67. The summed E-state index contributed by atoms with van der Waals surface area (Å²) >= 11 is 0. The Morgan fingerprint density at radius 3 is 3.00 bits per heavy atom. The Kier molecular flexibility index (Phi) is 5.20. The average Bonchev–Trinajstić information content (AvgIpc) is 2.51. The van der Waals surface area contributed by atoms with Gasteiger partial charge in [0, 0.05) is 18.3 Å². The van der Waals surface area contributed by atoms with Crippen molar-refractivity contribution in [2.45, 2.75) is 39.2 Å². The lowest BCUT2D eigenvalue weighted by Gasteiger charge is -2.29. The van der Waals surface area contributed by atoms with Gasteiger partial charge < -0.3 is 16.0 Å². The fraction of sp³-hybridized carbons (Fsp3) is 0.500. The molecule has 21 heavy (non-hydrogen) atoms. The number of aliphatic imine (C=N–C) groups is 1. The van der Waals surface area contributed by atoms with Crippen molar-refractivity contribution < 1.29 is 4.79 Å². The number of para-hydroxylation sites is 1. The molecule has 5 nitrogen and oxygen atoms in total. The molecule has 0 aliphatic carbocycles. The molecule has 1 unspecified atom stereocenters. The molecule has 0 fully saturated rings. The largest absolute Gasteiger partial charge is 0.370 e. The average molecular weight is 288 g/mol. The van der Waals surface area contributed by atoms with Gasteiger partial charge in [-0.3, -0.25) is 4.79 Å². The van der Waals surface area contributed by atoms with Gasteiger partial charge in [-0.25, -0.2) is 4.99 Å². The van der Waals surface area contributed by atoms with Crippen molar-refractivity contribution in [3.05, 3.63) is 29.8 Å². The number of amides is 1. The molecule has 1 aliphatic rings. The van der Waals surface area contributed by atoms with Crippen molar-refractivity contribution in [2.75, 3.05) is 18.0 Å². The monoisotopic (exact) mass is 288 g/mol. The number of guanidine groups is 1. The van der Waals surface area contributed by atoms with Gasteiger partial charge >= 0.3 is 0 Å². The van der Waals surface area contributed by atoms with Crippen LogP contribution in [0.5, 0.6) is 0 Å². The number of aryl methyl sites for hydroxylation is 1. The van der Waals surface area contributed by atoms with E-state index in [1.54, 1.807) is 0 Å². The van der Waals surface area contributed by atoms with E-state index in [1.165, 1.54) is 5.56 Å². The SMILES string of the molecule is CCC(C)NC(N)=NCC(=O)N1CCCc2ccccc21. The number of fused-ring (bicyclic) bond motifs is 1. The first-order chi connectivity index (χ1) is 10.1. The van der Waals surface area contributed by atoms with Crippen LogP contribution >= 0.6 is 0 Å². The highest BCUT2D eigenvalue weighted by atomic mass is 16.2. The number of benzene rings is 1. The molecule has 0 saturated carbocycles. The van der Waals surface area contributed by atoms with Crippen LogP contribution < -0.4 is 16.0 Å². The van der Waals surface area contributed by atoms with E-state index in [4.69, 9.17) is 5.73 Å². The molecule has 3 N–H and O–H groups in total. The first-order valence-corrected chi connectivity index (χ1v) is 7.56. The maximum Gasteiger partial charge on any atom is 0.248 e. The van der Waals surface area contributed by atoms with E-state index in [9.17, 15) is 4.79 Å². The molecule has 0 bridgehead atoms. The van der Waals surface area contributed by atoms with Crippen LogP contribution in [0.15, 0.2) is 29.3 Å². The lowest BCUT2D eigenvalue weighted by Crippen LogP contribution is -2.40. The van der Waals surface area contributed by atoms with Crippen LogP contribution in [-0.4, -0.2) is 31.0 Å². The predicted molar refractivity (Wildman–Crippen MR) is 86.5 cm³/mol. The zero-order valence-electron chi connectivity index (χ0n) is 12.8. The maximum absolute atomic E-state index is 12.4. The molecule has 5 heteroatoms. The van der Waals surface area contributed by atoms with E-state index < -0.39 is 0 Å². The van der Waals surface area contributed by atoms with Gasteiger partial charge in [-0.2, -0.15) is 0 Å². The van der Waals surface area contributed by atoms with Gasteiger partial charge in [0.25, 0.3) is 0 Å². The quantitative estimate of drug-likeness (QED) is 0.654. The zero-order valence-corrected chi connectivity index (χ0v) is 12.8. The van der Waals surface area contributed by atoms with Crippen molar-refractivity contribution in [1.82, 2.24) is 5.32 Å². The van der Waals surface area contributed by atoms with E-state index in [2.05, 4.69) is 23.3 Å². The number of nitrogens with zero attached hydrogens (tertiary/aromatic N) is 2. The number of carbonyl (C=O) groups excluding carboxylic acids is 1. The number of carbonyl (C=O) groups is 1. The molecule has 1 atom stereocenters. The number of anilines is 1. The minimum Gasteiger partial charge on any atom is -0.370 e. The van der Waals surface area contributed by atoms with Crippen molar-refractivity contribution in [2.24, 2.45) is 10.7 Å². The van der Waals surface area contributed by atoms with Crippen molar-refractivity contribution in [3.63, 3.8) is 0 Å². The third-order valence-corrected chi connectivity index (χ3v) is 3.80. The number of hydrogen-bond acceptors (Lipinski definition) is 2. The van der Waals surface area contributed by atoms with Crippen LogP contribution in [0.3, 0.4) is 0 Å². The third kappa shape index (κ3) is 3.97. The summed E-state index contributed by atoms with van der Waals surface area (Å²) in [5, 5.41) is 3.06. The van der Waals surface area contributed by atoms with Crippen LogP contribution in [0.4, 0.5) is 5.69 Å². The molecule has 1 aromatic rings. The van der Waals surface area contributed by atoms with E-state index in [0.29, 0.717) is 5.96 Å². The fourth-order valence-electron chi connectivity index (χ4n) is 2.43. The van der Waals surface area contributed by atoms with Crippen LogP contribution in [0.1, 0.15) is 32.3 Å². The van der Waals surface area contributed by atoms with Gasteiger partial charge in [0.15, 0.2) is 5.96 Å². The lowest BCUT2D eigenvalue weighted by atomic mass is 10.0. The Hall–Kier alpha value is -2.04. The molecule has 0 radical (unpaired) electrons. The second-order valence-electron chi connectivity index (χ2n) is 5.43. The molecular formula is C16H24N4O. The summed E-state index contributed by atoms with van der Waals surface area (Å²) in [5.41, 5.74) is 8.03. The summed E-state index contributed by atoms with van der Waals surface area (Å²) in [7, 11) is 0. The van der Waals surface area contributed by atoms with Gasteiger partial charge in [-0.15, -0.1) is 0 Å². The summed E-state index contributed by atoms with van der Waals surface area (Å²) in [6.07, 6.45) is 2.98. The first kappa shape index (κ1) is 15.4. The Morgan fingerprint density at radius 1 is 1.48 bits per heavy atom. The van der Waals surface area contributed by atoms with E-state index >= 15 is 0 Å². The number of nitrogens with two attached hydrogens (primary N) is 1. The van der Waals surface area contributed by atoms with Crippen molar-refractivity contribution >= 4 is 17.6 Å². The third-order valence-electron chi connectivity index (χ3n) is 3.80. The summed E-state index contributed by atoms with van der Waals surface area (Å²) in [5.74, 6) is 0.332. The minimum atomic E-state index is -0.00366. The van der Waals surface area contributed by atoms with E-state index in [-0.39, 0.29) is 18.5 Å². The minimum absolute atomic E-state index is 0.00366. The Morgan fingerprint density at radius 2 is 2.24 bits per heavy atom. The van der Waals surface area contributed by atoms with Crippen LogP contribution in [0, 0.1) is 0 Å². The Labute approximate surface area is 126 Å². The summed E-state index contributed by atoms with van der Waals surface area (Å²) < 4.78 is 0. The molecular weight excluding hydrogens is 264 g/mol. The molecule has 0 aromatic heterocycles. The van der Waals surface area contributed by atoms with Crippen LogP contribution in [0.25, 0.3) is 0 Å². The lowest BCUT2D eigenvalue weighted by molar-refractivity contribution is -0.117. The molecule has 0 spiro atoms. The first-order valence-electron chi connectivity index (χ1n) is 7.56. The molecule has 114 valence electrons. The second-order valence-corrected chi connectivity index (χ2v) is 5.43. The van der Waals surface area contributed by atoms with Gasteiger partial charge in [0.05, 0.1) is 0 Å². The highest BCUT2D eigenvalue weighted by molar-refractivity contribution is 5.97. The van der Waals surface area contributed by atoms with Gasteiger partial charge in [0.1, 0.15) is 6.54 Å². The van der Waals surface area contributed by atoms with Crippen LogP contribution in [-0.2, 0) is 11.2 Å². The smallest absolute Gasteiger partial charge is 0.248 e. The number of nitrogens with one attached hydrogen (secondary N) is 1. The zero-order chi connectivity index (χ0) is 15.2. The summed E-state index contributed by atoms with van der Waals surface area (Å²) in [6.45, 7) is 4.94. The maximum atomic E-state index is 12.4. The van der Waals surface area contributed by atoms with Gasteiger partial charge in [-0.1, -0.05) is 25.1 Å². The highest BCUT2D eigenvalue weighted by Crippen LogP contribution is 2.26. The standard InChI is InChI=1S/C16H24N4O/c1-3-12(2)19-16(17)18-11-15(21)20-10-6-8-13-7-4-5-9-14(13)20/h4-5,7,9,12H,3,6,8,10-11H2,1-2H3,(H3,17,18,19). The van der Waals surface area contributed by atoms with Crippen LogP contribution in [0.2, 0.25) is 0 Å². The van der Waals surface area contributed by atoms with Gasteiger partial charge in [0.2, 0.25) is 5.91 Å². The normalized spacial score (nSPS) is 16.3. The van der Waals surface area contributed by atoms with Crippen molar-refractivity contribution in [1.29, 1.82) is 0 Å².